The molecule has 1 N–H and O–H groups in total. The molecule has 0 saturated heterocycles. The summed E-state index contributed by atoms with van der Waals surface area (Å²) in [5.41, 5.74) is -0.621. The smallest absolute Gasteiger partial charge is 0.325 e. The van der Waals surface area contributed by atoms with Crippen molar-refractivity contribution in [1.29, 1.82) is 0 Å². The third kappa shape index (κ3) is 5.36. The first-order valence-corrected chi connectivity index (χ1v) is 7.03. The normalized spacial score (nSPS) is 18.4. The molecule has 0 bridgehead atoms. The van der Waals surface area contributed by atoms with E-state index >= 15 is 0 Å². The minimum absolute atomic E-state index is 0.207. The predicted molar refractivity (Wildman–Crippen MR) is 71.5 cm³/mol. The van der Waals surface area contributed by atoms with Crippen LogP contribution in [0, 0.1) is 5.92 Å². The lowest BCUT2D eigenvalue weighted by atomic mass is 9.98. The number of methoxy groups -OCH3 is 1. The summed E-state index contributed by atoms with van der Waals surface area (Å²) < 4.78 is 10.5. The second kappa shape index (κ2) is 7.74. The maximum absolute atomic E-state index is 11.8. The molecule has 0 aliphatic heterocycles. The third-order valence-electron chi connectivity index (χ3n) is 3.51. The number of ether oxygens (including phenoxy) is 2. The Morgan fingerprint density at radius 3 is 2.67 bits per heavy atom. The van der Waals surface area contributed by atoms with Crippen LogP contribution in [0.15, 0.2) is 0 Å². The van der Waals surface area contributed by atoms with Crippen LogP contribution in [0.5, 0.6) is 0 Å². The van der Waals surface area contributed by atoms with Crippen molar-refractivity contribution in [2.24, 2.45) is 5.92 Å². The van der Waals surface area contributed by atoms with Crippen LogP contribution < -0.4 is 5.32 Å². The fraction of sp³-hybridized carbons (Fsp3) is 0.929. The van der Waals surface area contributed by atoms with E-state index in [0.29, 0.717) is 13.0 Å². The fourth-order valence-corrected chi connectivity index (χ4v) is 1.92. The van der Waals surface area contributed by atoms with Gasteiger partial charge in [0.15, 0.2) is 0 Å². The largest absolute Gasteiger partial charge is 0.468 e. The van der Waals surface area contributed by atoms with Crippen molar-refractivity contribution >= 4 is 5.97 Å². The highest BCUT2D eigenvalue weighted by atomic mass is 16.5. The van der Waals surface area contributed by atoms with Crippen molar-refractivity contribution in [3.63, 3.8) is 0 Å². The van der Waals surface area contributed by atoms with Crippen LogP contribution in [0.1, 0.15) is 46.0 Å². The number of hydrogen-bond donors (Lipinski definition) is 1. The molecule has 1 rings (SSSR count). The van der Waals surface area contributed by atoms with Gasteiger partial charge in [-0.3, -0.25) is 4.79 Å². The van der Waals surface area contributed by atoms with Crippen molar-refractivity contribution in [2.45, 2.75) is 51.5 Å². The van der Waals surface area contributed by atoms with Gasteiger partial charge >= 0.3 is 5.97 Å². The predicted octanol–water partition coefficient (Wildman–Crippen LogP) is 2.12. The number of carbonyl (C=O) groups is 1. The summed E-state index contributed by atoms with van der Waals surface area (Å²) >= 11 is 0. The quantitative estimate of drug-likeness (QED) is 0.481. The summed E-state index contributed by atoms with van der Waals surface area (Å²) in [7, 11) is 1.43. The highest BCUT2D eigenvalue weighted by Crippen LogP contribution is 2.32. The molecule has 1 aliphatic carbocycles. The number of esters is 1. The molecule has 1 unspecified atom stereocenters. The number of rotatable bonds is 10. The molecule has 18 heavy (non-hydrogen) atoms. The van der Waals surface area contributed by atoms with Crippen molar-refractivity contribution in [3.8, 4) is 0 Å². The van der Waals surface area contributed by atoms with Gasteiger partial charge in [0, 0.05) is 13.2 Å². The Hall–Kier alpha value is -0.610. The van der Waals surface area contributed by atoms with E-state index in [1.807, 2.05) is 6.92 Å². The van der Waals surface area contributed by atoms with E-state index in [2.05, 4.69) is 12.2 Å². The van der Waals surface area contributed by atoms with Gasteiger partial charge in [0.1, 0.15) is 5.54 Å². The zero-order valence-electron chi connectivity index (χ0n) is 12.0. The van der Waals surface area contributed by atoms with E-state index in [1.54, 1.807) is 0 Å². The number of nitrogens with one attached hydrogen (secondary N) is 1. The minimum Gasteiger partial charge on any atom is -0.468 e. The van der Waals surface area contributed by atoms with Crippen LogP contribution >= 0.6 is 0 Å². The molecule has 1 atom stereocenters. The molecule has 0 aromatic rings. The lowest BCUT2D eigenvalue weighted by Gasteiger charge is -2.27. The maximum atomic E-state index is 11.8. The molecule has 1 saturated carbocycles. The van der Waals surface area contributed by atoms with Gasteiger partial charge in [0.25, 0.3) is 0 Å². The highest BCUT2D eigenvalue weighted by molar-refractivity contribution is 5.80. The van der Waals surface area contributed by atoms with Crippen molar-refractivity contribution < 1.29 is 14.3 Å². The standard InChI is InChI=1S/C14H27NO3/c1-4-9-15-14(2,13(16)17-3)8-11-18-10-7-12-5-6-12/h12,15H,4-11H2,1-3H3. The number of carbonyl (C=O) groups excluding carboxylic acids is 1. The lowest BCUT2D eigenvalue weighted by Crippen LogP contribution is -2.51. The summed E-state index contributed by atoms with van der Waals surface area (Å²) in [4.78, 5) is 11.8. The Morgan fingerprint density at radius 2 is 2.11 bits per heavy atom. The maximum Gasteiger partial charge on any atom is 0.325 e. The summed E-state index contributed by atoms with van der Waals surface area (Å²) in [6.07, 6.45) is 5.54. The molecule has 1 aliphatic rings. The lowest BCUT2D eigenvalue weighted by molar-refractivity contribution is -0.148. The van der Waals surface area contributed by atoms with Crippen LogP contribution in [0.25, 0.3) is 0 Å². The van der Waals surface area contributed by atoms with Crippen LogP contribution in [0.4, 0.5) is 0 Å². The Morgan fingerprint density at radius 1 is 1.39 bits per heavy atom. The van der Waals surface area contributed by atoms with Gasteiger partial charge in [0.05, 0.1) is 7.11 Å². The summed E-state index contributed by atoms with van der Waals surface area (Å²) in [6.45, 7) is 6.20. The van der Waals surface area contributed by atoms with Gasteiger partial charge in [-0.15, -0.1) is 0 Å². The molecule has 0 heterocycles. The van der Waals surface area contributed by atoms with Gasteiger partial charge in [0.2, 0.25) is 0 Å². The molecule has 1 fully saturated rings. The molecular formula is C14H27NO3. The van der Waals surface area contributed by atoms with E-state index < -0.39 is 5.54 Å². The molecule has 0 aromatic heterocycles. The fourth-order valence-electron chi connectivity index (χ4n) is 1.92. The van der Waals surface area contributed by atoms with Gasteiger partial charge < -0.3 is 14.8 Å². The molecule has 0 amide bonds. The zero-order valence-corrected chi connectivity index (χ0v) is 12.0. The first-order valence-electron chi connectivity index (χ1n) is 7.03. The van der Waals surface area contributed by atoms with Crippen molar-refractivity contribution in [1.82, 2.24) is 5.32 Å². The zero-order chi connectivity index (χ0) is 13.4. The van der Waals surface area contributed by atoms with Crippen LogP contribution in [0.2, 0.25) is 0 Å². The summed E-state index contributed by atoms with van der Waals surface area (Å²) in [6, 6.07) is 0. The monoisotopic (exact) mass is 257 g/mol. The molecule has 0 aromatic carbocycles. The Balaban J connectivity index is 2.22. The van der Waals surface area contributed by atoms with E-state index in [9.17, 15) is 4.79 Å². The van der Waals surface area contributed by atoms with E-state index in [4.69, 9.17) is 9.47 Å². The third-order valence-corrected chi connectivity index (χ3v) is 3.51. The Kier molecular flexibility index (Phi) is 6.65. The number of hydrogen-bond acceptors (Lipinski definition) is 4. The molecule has 0 spiro atoms. The van der Waals surface area contributed by atoms with Gasteiger partial charge in [-0.05, 0) is 38.6 Å². The SMILES string of the molecule is CCCNC(C)(CCOCCC1CC1)C(=O)OC. The van der Waals surface area contributed by atoms with Gasteiger partial charge in [-0.25, -0.2) is 0 Å². The van der Waals surface area contributed by atoms with Crippen LogP contribution in [-0.2, 0) is 14.3 Å². The topological polar surface area (TPSA) is 47.6 Å². The summed E-state index contributed by atoms with van der Waals surface area (Å²) in [5, 5.41) is 3.25. The molecule has 106 valence electrons. The first-order chi connectivity index (χ1) is 8.62. The minimum atomic E-state index is -0.621. The van der Waals surface area contributed by atoms with Gasteiger partial charge in [-0.1, -0.05) is 19.8 Å². The second-order valence-electron chi connectivity index (χ2n) is 5.34. The van der Waals surface area contributed by atoms with Crippen LogP contribution in [-0.4, -0.2) is 38.4 Å². The molecule has 4 nitrogen and oxygen atoms in total. The Bertz CT molecular complexity index is 253. The Labute approximate surface area is 110 Å². The van der Waals surface area contributed by atoms with Crippen molar-refractivity contribution in [2.75, 3.05) is 26.9 Å². The van der Waals surface area contributed by atoms with E-state index in [1.165, 1.54) is 20.0 Å². The van der Waals surface area contributed by atoms with E-state index in [-0.39, 0.29) is 5.97 Å². The second-order valence-corrected chi connectivity index (χ2v) is 5.34. The molecule has 0 radical (unpaired) electrons. The highest BCUT2D eigenvalue weighted by Gasteiger charge is 2.33. The summed E-state index contributed by atoms with van der Waals surface area (Å²) in [5.74, 6) is 0.692. The average Bonchev–Trinajstić information content (AvgIpc) is 3.19. The van der Waals surface area contributed by atoms with Gasteiger partial charge in [-0.2, -0.15) is 0 Å². The van der Waals surface area contributed by atoms with Crippen molar-refractivity contribution in [3.05, 3.63) is 0 Å². The van der Waals surface area contributed by atoms with Crippen LogP contribution in [0.3, 0.4) is 0 Å². The molecular weight excluding hydrogens is 230 g/mol. The average molecular weight is 257 g/mol. The first kappa shape index (κ1) is 15.4. The van der Waals surface area contributed by atoms with E-state index in [0.717, 1.165) is 31.9 Å². The molecule has 4 heteroatoms.